The van der Waals surface area contributed by atoms with Crippen molar-refractivity contribution in [3.63, 3.8) is 0 Å². The molecule has 0 bridgehead atoms. The summed E-state index contributed by atoms with van der Waals surface area (Å²) in [4.78, 5) is 25.5. The smallest absolute Gasteiger partial charge is 0.338 e. The Morgan fingerprint density at radius 1 is 1.40 bits per heavy atom. The molecular weight excluding hydrogens is 322 g/mol. The minimum atomic E-state index is -0.405. The predicted octanol–water partition coefficient (Wildman–Crippen LogP) is 3.70. The Morgan fingerprint density at radius 3 is 2.45 bits per heavy atom. The van der Waals surface area contributed by atoms with Crippen LogP contribution in [0.1, 0.15) is 43.1 Å². The van der Waals surface area contributed by atoms with Gasteiger partial charge in [0.25, 0.3) is 0 Å². The number of methoxy groups -OCH3 is 1. The second-order valence-corrected chi connectivity index (χ2v) is 5.65. The number of anilines is 1. The molecule has 4 nitrogen and oxygen atoms in total. The largest absolute Gasteiger partial charge is 0.465 e. The quantitative estimate of drug-likeness (QED) is 0.784. The van der Waals surface area contributed by atoms with Crippen LogP contribution in [-0.4, -0.2) is 25.0 Å². The van der Waals surface area contributed by atoms with Gasteiger partial charge < -0.3 is 9.64 Å². The fourth-order valence-corrected chi connectivity index (χ4v) is 2.58. The molecule has 0 aliphatic rings. The molecule has 0 radical (unpaired) electrons. The SMILES string of the molecule is CCC(C)N(C(C)=O)c1cc(Br)cc(C(=O)OC)c1C. The zero-order valence-electron chi connectivity index (χ0n) is 12.5. The number of benzene rings is 1. The standard InChI is InChI=1S/C15H20BrNO3/c1-6-9(2)17(11(4)18)14-8-12(16)7-13(10(14)3)15(19)20-5/h7-9H,6H2,1-5H3. The van der Waals surface area contributed by atoms with Gasteiger partial charge in [-0.1, -0.05) is 22.9 Å². The molecule has 5 heteroatoms. The third-order valence-corrected chi connectivity index (χ3v) is 3.84. The lowest BCUT2D eigenvalue weighted by molar-refractivity contribution is -0.117. The fraction of sp³-hybridized carbons (Fsp3) is 0.467. The summed E-state index contributed by atoms with van der Waals surface area (Å²) in [6.07, 6.45) is 0.832. The molecule has 1 aromatic rings. The molecule has 0 fully saturated rings. The van der Waals surface area contributed by atoms with E-state index in [1.807, 2.05) is 26.8 Å². The number of hydrogen-bond acceptors (Lipinski definition) is 3. The molecule has 1 unspecified atom stereocenters. The normalized spacial score (nSPS) is 11.9. The molecule has 0 N–H and O–H groups in total. The first-order valence-electron chi connectivity index (χ1n) is 6.51. The van der Waals surface area contributed by atoms with Crippen LogP contribution in [0.15, 0.2) is 16.6 Å². The monoisotopic (exact) mass is 341 g/mol. The topological polar surface area (TPSA) is 46.6 Å². The molecule has 0 aliphatic carbocycles. The highest BCUT2D eigenvalue weighted by Gasteiger charge is 2.23. The van der Waals surface area contributed by atoms with Crippen LogP contribution in [0, 0.1) is 6.92 Å². The van der Waals surface area contributed by atoms with E-state index in [4.69, 9.17) is 4.74 Å². The number of amides is 1. The van der Waals surface area contributed by atoms with Gasteiger partial charge in [0.05, 0.1) is 12.7 Å². The highest BCUT2D eigenvalue weighted by molar-refractivity contribution is 9.10. The van der Waals surface area contributed by atoms with Crippen LogP contribution in [0.3, 0.4) is 0 Å². The van der Waals surface area contributed by atoms with E-state index in [-0.39, 0.29) is 11.9 Å². The summed E-state index contributed by atoms with van der Waals surface area (Å²) in [6, 6.07) is 3.63. The lowest BCUT2D eigenvalue weighted by Crippen LogP contribution is -2.37. The van der Waals surface area contributed by atoms with Crippen molar-refractivity contribution in [2.24, 2.45) is 0 Å². The first kappa shape index (κ1) is 16.7. The maximum absolute atomic E-state index is 12.0. The van der Waals surface area contributed by atoms with Crippen molar-refractivity contribution >= 4 is 33.5 Å². The van der Waals surface area contributed by atoms with Gasteiger partial charge in [0.15, 0.2) is 0 Å². The van der Waals surface area contributed by atoms with Crippen LogP contribution in [0.4, 0.5) is 5.69 Å². The molecule has 20 heavy (non-hydrogen) atoms. The van der Waals surface area contributed by atoms with Crippen LogP contribution in [0.25, 0.3) is 0 Å². The minimum Gasteiger partial charge on any atom is -0.465 e. The van der Waals surface area contributed by atoms with E-state index in [1.54, 1.807) is 11.0 Å². The lowest BCUT2D eigenvalue weighted by Gasteiger charge is -2.29. The number of nitrogens with zero attached hydrogens (tertiary/aromatic N) is 1. The van der Waals surface area contributed by atoms with Crippen LogP contribution >= 0.6 is 15.9 Å². The maximum Gasteiger partial charge on any atom is 0.338 e. The number of ether oxygens (including phenoxy) is 1. The molecular formula is C15H20BrNO3. The Balaban J connectivity index is 3.46. The molecule has 1 rings (SSSR count). The van der Waals surface area contributed by atoms with E-state index in [9.17, 15) is 9.59 Å². The third kappa shape index (κ3) is 3.39. The number of halogens is 1. The van der Waals surface area contributed by atoms with Gasteiger partial charge in [-0.3, -0.25) is 4.79 Å². The first-order chi connectivity index (χ1) is 9.33. The molecule has 0 saturated carbocycles. The van der Waals surface area contributed by atoms with Crippen LogP contribution in [-0.2, 0) is 9.53 Å². The molecule has 0 saturated heterocycles. The van der Waals surface area contributed by atoms with Gasteiger partial charge in [0.1, 0.15) is 0 Å². The summed E-state index contributed by atoms with van der Waals surface area (Å²) in [5.74, 6) is -0.450. The third-order valence-electron chi connectivity index (χ3n) is 3.38. The average Bonchev–Trinajstić information content (AvgIpc) is 2.40. The summed E-state index contributed by atoms with van der Waals surface area (Å²) in [6.45, 7) is 7.37. The molecule has 0 aromatic heterocycles. The van der Waals surface area contributed by atoms with E-state index in [0.29, 0.717) is 5.56 Å². The van der Waals surface area contributed by atoms with E-state index in [2.05, 4.69) is 15.9 Å². The van der Waals surface area contributed by atoms with Gasteiger partial charge in [0.2, 0.25) is 5.91 Å². The Morgan fingerprint density at radius 2 is 2.00 bits per heavy atom. The van der Waals surface area contributed by atoms with Crippen molar-refractivity contribution in [1.82, 2.24) is 0 Å². The minimum absolute atomic E-state index is 0.0450. The molecule has 0 spiro atoms. The van der Waals surface area contributed by atoms with Crippen molar-refractivity contribution < 1.29 is 14.3 Å². The number of rotatable bonds is 4. The number of carbonyl (C=O) groups is 2. The van der Waals surface area contributed by atoms with Crippen LogP contribution in [0.5, 0.6) is 0 Å². The fourth-order valence-electron chi connectivity index (χ4n) is 2.14. The Bertz CT molecular complexity index is 528. The van der Waals surface area contributed by atoms with E-state index in [0.717, 1.165) is 22.1 Å². The predicted molar refractivity (Wildman–Crippen MR) is 83.1 cm³/mol. The van der Waals surface area contributed by atoms with Crippen molar-refractivity contribution in [3.05, 3.63) is 27.7 Å². The van der Waals surface area contributed by atoms with Crippen molar-refractivity contribution in [1.29, 1.82) is 0 Å². The molecule has 110 valence electrons. The van der Waals surface area contributed by atoms with Crippen LogP contribution in [0.2, 0.25) is 0 Å². The Labute approximate surface area is 128 Å². The summed E-state index contributed by atoms with van der Waals surface area (Å²) >= 11 is 3.39. The van der Waals surface area contributed by atoms with E-state index >= 15 is 0 Å². The number of carbonyl (C=O) groups excluding carboxylic acids is 2. The average molecular weight is 342 g/mol. The summed E-state index contributed by atoms with van der Waals surface area (Å²) in [7, 11) is 1.35. The highest BCUT2D eigenvalue weighted by atomic mass is 79.9. The van der Waals surface area contributed by atoms with Gasteiger partial charge in [-0.25, -0.2) is 4.79 Å². The zero-order valence-corrected chi connectivity index (χ0v) is 14.1. The number of esters is 1. The van der Waals surface area contributed by atoms with Gasteiger partial charge >= 0.3 is 5.97 Å². The maximum atomic E-state index is 12.0. The van der Waals surface area contributed by atoms with Crippen LogP contribution < -0.4 is 4.90 Å². The Hall–Kier alpha value is -1.36. The second kappa shape index (κ2) is 6.88. The number of hydrogen-bond donors (Lipinski definition) is 0. The molecule has 1 atom stereocenters. The van der Waals surface area contributed by atoms with Gasteiger partial charge in [-0.2, -0.15) is 0 Å². The highest BCUT2D eigenvalue weighted by Crippen LogP contribution is 2.30. The summed E-state index contributed by atoms with van der Waals surface area (Å²) in [5, 5.41) is 0. The molecule has 1 amide bonds. The molecule has 0 heterocycles. The van der Waals surface area contributed by atoms with Gasteiger partial charge in [0, 0.05) is 23.1 Å². The second-order valence-electron chi connectivity index (χ2n) is 4.74. The van der Waals surface area contributed by atoms with E-state index < -0.39 is 5.97 Å². The van der Waals surface area contributed by atoms with Crippen molar-refractivity contribution in [2.75, 3.05) is 12.0 Å². The Kier molecular flexibility index (Phi) is 5.74. The van der Waals surface area contributed by atoms with Crippen molar-refractivity contribution in [2.45, 2.75) is 40.2 Å². The zero-order chi connectivity index (χ0) is 15.4. The lowest BCUT2D eigenvalue weighted by atomic mass is 10.0. The summed E-state index contributed by atoms with van der Waals surface area (Å²) in [5.41, 5.74) is 1.95. The van der Waals surface area contributed by atoms with Crippen molar-refractivity contribution in [3.8, 4) is 0 Å². The molecule has 0 aliphatic heterocycles. The first-order valence-corrected chi connectivity index (χ1v) is 7.31. The van der Waals surface area contributed by atoms with Gasteiger partial charge in [-0.15, -0.1) is 0 Å². The van der Waals surface area contributed by atoms with E-state index in [1.165, 1.54) is 14.0 Å². The van der Waals surface area contributed by atoms with Gasteiger partial charge in [-0.05, 0) is 38.0 Å². The summed E-state index contributed by atoms with van der Waals surface area (Å²) < 4.78 is 5.53. The molecule has 1 aromatic carbocycles.